The van der Waals surface area contributed by atoms with Gasteiger partial charge in [-0.2, -0.15) is 0 Å². The number of hydrogen-bond donors (Lipinski definition) is 1. The highest BCUT2D eigenvalue weighted by molar-refractivity contribution is 9.10. The third-order valence-electron chi connectivity index (χ3n) is 2.12. The van der Waals surface area contributed by atoms with Crippen LogP contribution in [0.25, 0.3) is 11.3 Å². The fourth-order valence-corrected chi connectivity index (χ4v) is 1.88. The molecule has 2 rings (SSSR count). The van der Waals surface area contributed by atoms with Gasteiger partial charge in [-0.25, -0.2) is 9.37 Å². The molecule has 3 nitrogen and oxygen atoms in total. The van der Waals surface area contributed by atoms with Crippen LogP contribution in [-0.2, 0) is 0 Å². The molecule has 0 spiro atoms. The van der Waals surface area contributed by atoms with Crippen molar-refractivity contribution in [2.24, 2.45) is 5.73 Å². The second-order valence-corrected chi connectivity index (χ2v) is 4.30. The summed E-state index contributed by atoms with van der Waals surface area (Å²) in [5.74, 6) is 0.407. The average Bonchev–Trinajstić information content (AvgIpc) is 2.66. The molecule has 1 atom stereocenters. The summed E-state index contributed by atoms with van der Waals surface area (Å²) < 4.78 is 19.6. The molecule has 0 saturated heterocycles. The first-order chi connectivity index (χ1) is 7.59. The Kier molecular flexibility index (Phi) is 3.07. The molecule has 0 aliphatic rings. The molecule has 1 aromatic carbocycles. The molecule has 0 amide bonds. The SMILES string of the molecule is CC(N)c1ncc(-c2c(F)cccc2Br)o1. The van der Waals surface area contributed by atoms with E-state index in [1.807, 2.05) is 0 Å². The maximum absolute atomic E-state index is 13.6. The molecule has 2 aromatic rings. The Balaban J connectivity index is 2.50. The van der Waals surface area contributed by atoms with Gasteiger partial charge in [0, 0.05) is 4.47 Å². The molecule has 0 radical (unpaired) electrons. The van der Waals surface area contributed by atoms with Crippen LogP contribution >= 0.6 is 15.9 Å². The van der Waals surface area contributed by atoms with E-state index in [0.717, 1.165) is 0 Å². The number of rotatable bonds is 2. The van der Waals surface area contributed by atoms with E-state index in [1.54, 1.807) is 19.1 Å². The molecule has 0 aliphatic heterocycles. The van der Waals surface area contributed by atoms with Gasteiger partial charge in [0.25, 0.3) is 0 Å². The van der Waals surface area contributed by atoms with Gasteiger partial charge < -0.3 is 10.2 Å². The second kappa shape index (κ2) is 4.35. The Labute approximate surface area is 101 Å². The fraction of sp³-hybridized carbons (Fsp3) is 0.182. The van der Waals surface area contributed by atoms with E-state index in [4.69, 9.17) is 10.2 Å². The minimum atomic E-state index is -0.359. The van der Waals surface area contributed by atoms with Crippen LogP contribution in [0.4, 0.5) is 4.39 Å². The molecule has 84 valence electrons. The molecule has 16 heavy (non-hydrogen) atoms. The minimum absolute atomic E-state index is 0.306. The summed E-state index contributed by atoms with van der Waals surface area (Å²) in [7, 11) is 0. The summed E-state index contributed by atoms with van der Waals surface area (Å²) in [6, 6.07) is 4.42. The number of halogens is 2. The number of nitrogens with zero attached hydrogens (tertiary/aromatic N) is 1. The quantitative estimate of drug-likeness (QED) is 0.921. The van der Waals surface area contributed by atoms with E-state index in [1.165, 1.54) is 12.3 Å². The summed E-state index contributed by atoms with van der Waals surface area (Å²) >= 11 is 3.27. The predicted octanol–water partition coefficient (Wildman–Crippen LogP) is 3.26. The molecule has 0 bridgehead atoms. The Hall–Kier alpha value is -1.20. The van der Waals surface area contributed by atoms with E-state index in [-0.39, 0.29) is 11.9 Å². The van der Waals surface area contributed by atoms with E-state index >= 15 is 0 Å². The fourth-order valence-electron chi connectivity index (χ4n) is 1.35. The molecule has 1 aromatic heterocycles. The number of nitrogens with two attached hydrogens (primary N) is 1. The van der Waals surface area contributed by atoms with Crippen LogP contribution in [0.15, 0.2) is 33.3 Å². The van der Waals surface area contributed by atoms with Gasteiger partial charge in [-0.05, 0) is 35.0 Å². The van der Waals surface area contributed by atoms with Crippen molar-refractivity contribution in [1.29, 1.82) is 0 Å². The van der Waals surface area contributed by atoms with Crippen molar-refractivity contribution in [3.05, 3.63) is 40.6 Å². The summed E-state index contributed by atoms with van der Waals surface area (Å²) in [4.78, 5) is 4.00. The van der Waals surface area contributed by atoms with Gasteiger partial charge >= 0.3 is 0 Å². The second-order valence-electron chi connectivity index (χ2n) is 3.45. The summed E-state index contributed by atoms with van der Waals surface area (Å²) in [6.45, 7) is 1.76. The maximum atomic E-state index is 13.6. The van der Waals surface area contributed by atoms with Gasteiger partial charge in [0.1, 0.15) is 5.82 Å². The number of oxazole rings is 1. The van der Waals surface area contributed by atoms with Crippen molar-refractivity contribution in [3.63, 3.8) is 0 Å². The van der Waals surface area contributed by atoms with Crippen LogP contribution in [-0.4, -0.2) is 4.98 Å². The molecule has 1 unspecified atom stereocenters. The molecule has 0 aliphatic carbocycles. The highest BCUT2D eigenvalue weighted by Crippen LogP contribution is 2.31. The average molecular weight is 285 g/mol. The van der Waals surface area contributed by atoms with Crippen LogP contribution in [0.1, 0.15) is 18.9 Å². The Morgan fingerprint density at radius 3 is 2.81 bits per heavy atom. The van der Waals surface area contributed by atoms with Crippen molar-refractivity contribution >= 4 is 15.9 Å². The minimum Gasteiger partial charge on any atom is -0.439 e. The van der Waals surface area contributed by atoms with Crippen molar-refractivity contribution in [1.82, 2.24) is 4.98 Å². The normalized spacial score (nSPS) is 12.8. The molecule has 5 heteroatoms. The van der Waals surface area contributed by atoms with Gasteiger partial charge in [-0.15, -0.1) is 0 Å². The molecule has 0 fully saturated rings. The summed E-state index contributed by atoms with van der Waals surface area (Å²) in [6.07, 6.45) is 1.47. The van der Waals surface area contributed by atoms with Crippen molar-refractivity contribution in [3.8, 4) is 11.3 Å². The van der Waals surface area contributed by atoms with Crippen molar-refractivity contribution in [2.45, 2.75) is 13.0 Å². The van der Waals surface area contributed by atoms with E-state index in [0.29, 0.717) is 21.7 Å². The van der Waals surface area contributed by atoms with Crippen molar-refractivity contribution < 1.29 is 8.81 Å². The topological polar surface area (TPSA) is 52.0 Å². The van der Waals surface area contributed by atoms with Gasteiger partial charge in [0.05, 0.1) is 17.8 Å². The largest absolute Gasteiger partial charge is 0.439 e. The van der Waals surface area contributed by atoms with Gasteiger partial charge in [0.2, 0.25) is 5.89 Å². The van der Waals surface area contributed by atoms with Crippen LogP contribution in [0.5, 0.6) is 0 Å². The lowest BCUT2D eigenvalue weighted by atomic mass is 10.2. The Bertz CT molecular complexity index is 490. The van der Waals surface area contributed by atoms with E-state index in [9.17, 15) is 4.39 Å². The number of benzene rings is 1. The molecule has 1 heterocycles. The predicted molar refractivity (Wildman–Crippen MR) is 62.2 cm³/mol. The maximum Gasteiger partial charge on any atom is 0.211 e. The first kappa shape index (κ1) is 11.3. The van der Waals surface area contributed by atoms with E-state index < -0.39 is 0 Å². The van der Waals surface area contributed by atoms with Crippen LogP contribution in [0.2, 0.25) is 0 Å². The van der Waals surface area contributed by atoms with Crippen LogP contribution in [0.3, 0.4) is 0 Å². The first-order valence-electron chi connectivity index (χ1n) is 4.75. The van der Waals surface area contributed by atoms with E-state index in [2.05, 4.69) is 20.9 Å². The lowest BCUT2D eigenvalue weighted by Crippen LogP contribution is -2.04. The smallest absolute Gasteiger partial charge is 0.211 e. The number of aromatic nitrogens is 1. The molecule has 0 saturated carbocycles. The lowest BCUT2D eigenvalue weighted by molar-refractivity contribution is 0.471. The summed E-state index contributed by atoms with van der Waals surface area (Å²) in [5.41, 5.74) is 5.98. The Morgan fingerprint density at radius 1 is 1.50 bits per heavy atom. The third kappa shape index (κ3) is 2.01. The zero-order valence-electron chi connectivity index (χ0n) is 8.58. The van der Waals surface area contributed by atoms with Gasteiger partial charge in [-0.3, -0.25) is 0 Å². The Morgan fingerprint density at radius 2 is 2.25 bits per heavy atom. The zero-order valence-corrected chi connectivity index (χ0v) is 10.2. The monoisotopic (exact) mass is 284 g/mol. The zero-order chi connectivity index (χ0) is 11.7. The lowest BCUT2D eigenvalue weighted by Gasteiger charge is -2.02. The third-order valence-corrected chi connectivity index (χ3v) is 2.78. The highest BCUT2D eigenvalue weighted by Gasteiger charge is 2.15. The van der Waals surface area contributed by atoms with Gasteiger partial charge in [0.15, 0.2) is 5.76 Å². The van der Waals surface area contributed by atoms with Crippen LogP contribution in [0, 0.1) is 5.82 Å². The molecular weight excluding hydrogens is 275 g/mol. The first-order valence-corrected chi connectivity index (χ1v) is 5.54. The van der Waals surface area contributed by atoms with Gasteiger partial charge in [-0.1, -0.05) is 6.07 Å². The van der Waals surface area contributed by atoms with Crippen molar-refractivity contribution in [2.75, 3.05) is 0 Å². The molecular formula is C11H10BrFN2O. The van der Waals surface area contributed by atoms with Crippen LogP contribution < -0.4 is 5.73 Å². The summed E-state index contributed by atoms with van der Waals surface area (Å²) in [5, 5.41) is 0. The highest BCUT2D eigenvalue weighted by atomic mass is 79.9. The molecule has 2 N–H and O–H groups in total. The standard InChI is InChI=1S/C11H10BrFN2O/c1-6(14)11-15-5-9(16-11)10-7(12)3-2-4-8(10)13/h2-6H,14H2,1H3. The number of hydrogen-bond acceptors (Lipinski definition) is 3.